The number of hydrogen-bond donors (Lipinski definition) is 3. The Bertz CT molecular complexity index is 1100. The van der Waals surface area contributed by atoms with Crippen LogP contribution in [0.25, 0.3) is 0 Å². The minimum absolute atomic E-state index is 0.0763. The maximum atomic E-state index is 13.0. The molecule has 0 fully saturated rings. The Labute approximate surface area is 206 Å². The zero-order valence-electron chi connectivity index (χ0n) is 20.2. The normalized spacial score (nSPS) is 20.2. The molecular formula is C24H30F3N5O4. The van der Waals surface area contributed by atoms with Gasteiger partial charge in [-0.1, -0.05) is 25.1 Å². The number of carbonyl (C=O) groups excluding carboxylic acids is 1. The summed E-state index contributed by atoms with van der Waals surface area (Å²) in [5, 5.41) is 23.7. The van der Waals surface area contributed by atoms with Crippen LogP contribution >= 0.6 is 0 Å². The zero-order valence-corrected chi connectivity index (χ0v) is 20.2. The van der Waals surface area contributed by atoms with Crippen LogP contribution in [0.2, 0.25) is 0 Å². The van der Waals surface area contributed by atoms with E-state index in [0.29, 0.717) is 5.69 Å². The lowest BCUT2D eigenvalue weighted by atomic mass is 9.87. The van der Waals surface area contributed by atoms with Crippen molar-refractivity contribution in [3.63, 3.8) is 0 Å². The number of halogens is 3. The molecule has 1 amide bonds. The highest BCUT2D eigenvalue weighted by Gasteiger charge is 2.39. The van der Waals surface area contributed by atoms with Crippen LogP contribution in [0.4, 0.5) is 18.9 Å². The highest BCUT2D eigenvalue weighted by molar-refractivity contribution is 5.87. The number of benzene rings is 1. The van der Waals surface area contributed by atoms with Crippen molar-refractivity contribution < 1.29 is 32.6 Å². The zero-order chi connectivity index (χ0) is 26.5. The molecule has 12 heteroatoms. The Morgan fingerprint density at radius 2 is 2.00 bits per heavy atom. The summed E-state index contributed by atoms with van der Waals surface area (Å²) in [6.45, 7) is 5.39. The van der Waals surface area contributed by atoms with E-state index in [-0.39, 0.29) is 36.2 Å². The SMILES string of the molecule is CCC(CC)O[C@@H]1C=C(C(=O)O)C[C@H](n2cc(CNc3cccc(C(F)(F)F)c3)nn2)[C@H]1NC(C)=O. The summed E-state index contributed by atoms with van der Waals surface area (Å²) in [5.41, 5.74) is 0.0606. The van der Waals surface area contributed by atoms with Crippen molar-refractivity contribution in [1.29, 1.82) is 0 Å². The number of alkyl halides is 3. The largest absolute Gasteiger partial charge is 0.478 e. The fourth-order valence-electron chi connectivity index (χ4n) is 4.15. The standard InChI is InChI=1S/C24H30F3N5O4/c1-4-19(5-2)36-21-10-15(23(34)35)9-20(22(21)29-14(3)33)32-13-18(30-31-32)12-28-17-8-6-7-16(11-17)24(25,26)27/h6-8,10-11,13,19-22,28H,4-5,9,12H2,1-3H3,(H,29,33)(H,34,35)/t20-,21+,22+/m0/s1. The fraction of sp³-hybridized carbons (Fsp3) is 0.500. The van der Waals surface area contributed by atoms with Gasteiger partial charge < -0.3 is 20.5 Å². The van der Waals surface area contributed by atoms with Gasteiger partial charge in [0.25, 0.3) is 0 Å². The van der Waals surface area contributed by atoms with Crippen molar-refractivity contribution in [1.82, 2.24) is 20.3 Å². The van der Waals surface area contributed by atoms with Crippen LogP contribution < -0.4 is 10.6 Å². The van der Waals surface area contributed by atoms with Gasteiger partial charge in [-0.25, -0.2) is 9.48 Å². The van der Waals surface area contributed by atoms with E-state index in [2.05, 4.69) is 20.9 Å². The molecule has 1 aliphatic carbocycles. The minimum Gasteiger partial charge on any atom is -0.478 e. The summed E-state index contributed by atoms with van der Waals surface area (Å²) >= 11 is 0. The van der Waals surface area contributed by atoms with E-state index in [1.54, 1.807) is 6.20 Å². The number of carbonyl (C=O) groups is 2. The number of ether oxygens (including phenoxy) is 1. The van der Waals surface area contributed by atoms with E-state index in [0.717, 1.165) is 25.0 Å². The summed E-state index contributed by atoms with van der Waals surface area (Å²) in [5.74, 6) is -1.40. The second kappa shape index (κ2) is 11.5. The molecule has 3 rings (SSSR count). The molecule has 0 aliphatic heterocycles. The molecule has 36 heavy (non-hydrogen) atoms. The molecule has 0 bridgehead atoms. The van der Waals surface area contributed by atoms with Crippen molar-refractivity contribution >= 4 is 17.6 Å². The maximum absolute atomic E-state index is 13.0. The van der Waals surface area contributed by atoms with Crippen LogP contribution in [0, 0.1) is 0 Å². The van der Waals surface area contributed by atoms with Gasteiger partial charge in [0.2, 0.25) is 5.91 Å². The number of anilines is 1. The number of aliphatic carboxylic acids is 1. The monoisotopic (exact) mass is 509 g/mol. The molecule has 196 valence electrons. The third kappa shape index (κ3) is 6.84. The van der Waals surface area contributed by atoms with E-state index in [4.69, 9.17) is 4.74 Å². The average molecular weight is 510 g/mol. The number of nitrogens with zero attached hydrogens (tertiary/aromatic N) is 3. The number of carboxylic acids is 1. The molecule has 1 heterocycles. The summed E-state index contributed by atoms with van der Waals surface area (Å²) in [7, 11) is 0. The average Bonchev–Trinajstić information content (AvgIpc) is 3.30. The van der Waals surface area contributed by atoms with Gasteiger partial charge in [-0.2, -0.15) is 13.2 Å². The van der Waals surface area contributed by atoms with Gasteiger partial charge in [-0.3, -0.25) is 4.79 Å². The quantitative estimate of drug-likeness (QED) is 0.444. The van der Waals surface area contributed by atoms with Gasteiger partial charge in [0, 0.05) is 24.6 Å². The summed E-state index contributed by atoms with van der Waals surface area (Å²) in [6, 6.07) is 3.61. The number of rotatable bonds is 10. The number of hydrogen-bond acceptors (Lipinski definition) is 6. The second-order valence-electron chi connectivity index (χ2n) is 8.66. The topological polar surface area (TPSA) is 118 Å². The van der Waals surface area contributed by atoms with Gasteiger partial charge in [0.15, 0.2) is 0 Å². The second-order valence-corrected chi connectivity index (χ2v) is 8.66. The predicted octanol–water partition coefficient (Wildman–Crippen LogP) is 3.94. The number of carboxylic acid groups (broad SMARTS) is 1. The summed E-state index contributed by atoms with van der Waals surface area (Å²) in [4.78, 5) is 23.8. The molecule has 0 saturated heterocycles. The Balaban J connectivity index is 1.83. The predicted molar refractivity (Wildman–Crippen MR) is 125 cm³/mol. The Kier molecular flexibility index (Phi) is 8.72. The molecule has 0 spiro atoms. The van der Waals surface area contributed by atoms with Crippen molar-refractivity contribution in [2.45, 2.75) is 77.0 Å². The van der Waals surface area contributed by atoms with Gasteiger partial charge in [-0.15, -0.1) is 5.10 Å². The number of nitrogens with one attached hydrogen (secondary N) is 2. The van der Waals surface area contributed by atoms with Gasteiger partial charge in [-0.05, 0) is 37.1 Å². The lowest BCUT2D eigenvalue weighted by Crippen LogP contribution is -2.52. The van der Waals surface area contributed by atoms with Crippen LogP contribution in [0.15, 0.2) is 42.1 Å². The van der Waals surface area contributed by atoms with E-state index >= 15 is 0 Å². The van der Waals surface area contributed by atoms with Crippen LogP contribution in [-0.4, -0.2) is 50.2 Å². The Hall–Kier alpha value is -3.41. The molecule has 1 aromatic heterocycles. The van der Waals surface area contributed by atoms with Crippen molar-refractivity contribution in [2.75, 3.05) is 5.32 Å². The lowest BCUT2D eigenvalue weighted by Gasteiger charge is -2.37. The van der Waals surface area contributed by atoms with E-state index < -0.39 is 35.9 Å². The Morgan fingerprint density at radius 3 is 2.61 bits per heavy atom. The van der Waals surface area contributed by atoms with Gasteiger partial charge >= 0.3 is 12.1 Å². The summed E-state index contributed by atoms with van der Waals surface area (Å²) in [6.07, 6.45) is -0.649. The highest BCUT2D eigenvalue weighted by atomic mass is 19.4. The first-order valence-electron chi connectivity index (χ1n) is 11.7. The molecule has 0 radical (unpaired) electrons. The number of amides is 1. The van der Waals surface area contributed by atoms with Gasteiger partial charge in [0.1, 0.15) is 5.69 Å². The molecule has 0 unspecified atom stereocenters. The maximum Gasteiger partial charge on any atom is 0.416 e. The molecule has 0 saturated carbocycles. The number of aromatic nitrogens is 3. The summed E-state index contributed by atoms with van der Waals surface area (Å²) < 4.78 is 46.6. The van der Waals surface area contributed by atoms with Crippen LogP contribution in [-0.2, 0) is 27.0 Å². The first-order chi connectivity index (χ1) is 17.0. The molecule has 1 aromatic carbocycles. The highest BCUT2D eigenvalue weighted by Crippen LogP contribution is 2.33. The molecule has 3 atom stereocenters. The third-order valence-corrected chi connectivity index (χ3v) is 6.03. The van der Waals surface area contributed by atoms with E-state index in [9.17, 15) is 27.9 Å². The lowest BCUT2D eigenvalue weighted by molar-refractivity contribution is -0.137. The molecular weight excluding hydrogens is 479 g/mol. The van der Waals surface area contributed by atoms with E-state index in [1.165, 1.54) is 29.8 Å². The third-order valence-electron chi connectivity index (χ3n) is 6.03. The molecule has 2 aromatic rings. The fourth-order valence-corrected chi connectivity index (χ4v) is 4.15. The molecule has 3 N–H and O–H groups in total. The van der Waals surface area contributed by atoms with Crippen molar-refractivity contribution in [3.05, 3.63) is 53.4 Å². The molecule has 1 aliphatic rings. The van der Waals surface area contributed by atoms with Crippen LogP contribution in [0.1, 0.15) is 57.3 Å². The smallest absolute Gasteiger partial charge is 0.416 e. The molecule has 9 nitrogen and oxygen atoms in total. The van der Waals surface area contributed by atoms with Crippen molar-refractivity contribution in [3.8, 4) is 0 Å². The minimum atomic E-state index is -4.46. The van der Waals surface area contributed by atoms with Crippen LogP contribution in [0.3, 0.4) is 0 Å². The van der Waals surface area contributed by atoms with Crippen LogP contribution in [0.5, 0.6) is 0 Å². The Morgan fingerprint density at radius 1 is 1.28 bits per heavy atom. The first-order valence-corrected chi connectivity index (χ1v) is 11.7. The van der Waals surface area contributed by atoms with Crippen molar-refractivity contribution in [2.24, 2.45) is 0 Å². The van der Waals surface area contributed by atoms with Gasteiger partial charge in [0.05, 0.1) is 42.6 Å². The first kappa shape index (κ1) is 27.2. The van der Waals surface area contributed by atoms with E-state index in [1.807, 2.05) is 13.8 Å².